The van der Waals surface area contributed by atoms with Crippen LogP contribution in [-0.4, -0.2) is 33.4 Å². The van der Waals surface area contributed by atoms with Crippen LogP contribution >= 0.6 is 0 Å². The molecule has 17 heavy (non-hydrogen) atoms. The van der Waals surface area contributed by atoms with Crippen LogP contribution in [0.5, 0.6) is 0 Å². The highest BCUT2D eigenvalue weighted by molar-refractivity contribution is 7.89. The molecule has 0 aromatic heterocycles. The number of nitrogens with zero attached hydrogens (tertiary/aromatic N) is 1. The second kappa shape index (κ2) is 5.62. The van der Waals surface area contributed by atoms with Crippen molar-refractivity contribution in [1.82, 2.24) is 9.62 Å². The average Bonchev–Trinajstić information content (AvgIpc) is 2.27. The molecule has 0 spiro atoms. The maximum absolute atomic E-state index is 12.1. The van der Waals surface area contributed by atoms with Gasteiger partial charge in [-0.05, 0) is 30.7 Å². The first-order valence-electron chi connectivity index (χ1n) is 5.63. The van der Waals surface area contributed by atoms with Crippen molar-refractivity contribution < 1.29 is 8.42 Å². The zero-order valence-electron chi connectivity index (χ0n) is 10.8. The van der Waals surface area contributed by atoms with E-state index in [0.29, 0.717) is 11.4 Å². The van der Waals surface area contributed by atoms with Crippen molar-refractivity contribution >= 4 is 10.0 Å². The molecule has 5 heteroatoms. The first-order chi connectivity index (χ1) is 7.91. The molecule has 0 amide bonds. The average molecular weight is 256 g/mol. The lowest BCUT2D eigenvalue weighted by Gasteiger charge is -2.16. The molecule has 0 atom stereocenters. The van der Waals surface area contributed by atoms with E-state index >= 15 is 0 Å². The molecule has 0 heterocycles. The normalized spacial score (nSPS) is 12.1. The van der Waals surface area contributed by atoms with Crippen LogP contribution in [0.2, 0.25) is 0 Å². The Morgan fingerprint density at radius 3 is 2.47 bits per heavy atom. The van der Waals surface area contributed by atoms with Crippen molar-refractivity contribution in [3.8, 4) is 0 Å². The van der Waals surface area contributed by atoms with Crippen molar-refractivity contribution in [1.29, 1.82) is 0 Å². The van der Waals surface area contributed by atoms with Crippen LogP contribution in [0.1, 0.15) is 18.1 Å². The Bertz CT molecular complexity index is 481. The molecule has 1 aromatic carbocycles. The summed E-state index contributed by atoms with van der Waals surface area (Å²) in [4.78, 5) is 0.387. The third-order valence-corrected chi connectivity index (χ3v) is 4.68. The van der Waals surface area contributed by atoms with Crippen LogP contribution in [0, 0.1) is 6.92 Å². The Hall–Kier alpha value is -0.910. The highest BCUT2D eigenvalue weighted by Gasteiger charge is 2.20. The number of nitrogens with one attached hydrogen (secondary N) is 1. The van der Waals surface area contributed by atoms with Gasteiger partial charge < -0.3 is 5.32 Å². The minimum absolute atomic E-state index is 0.387. The van der Waals surface area contributed by atoms with E-state index in [0.717, 1.165) is 17.7 Å². The van der Waals surface area contributed by atoms with Crippen LogP contribution in [0.4, 0.5) is 0 Å². The highest BCUT2D eigenvalue weighted by atomic mass is 32.2. The summed E-state index contributed by atoms with van der Waals surface area (Å²) in [7, 11) is -0.255. The third-order valence-electron chi connectivity index (χ3n) is 2.72. The van der Waals surface area contributed by atoms with E-state index in [1.807, 2.05) is 19.9 Å². The highest BCUT2D eigenvalue weighted by Crippen LogP contribution is 2.21. The molecule has 0 bridgehead atoms. The molecule has 0 aliphatic rings. The van der Waals surface area contributed by atoms with Gasteiger partial charge in [-0.25, -0.2) is 12.7 Å². The molecule has 1 N–H and O–H groups in total. The molecule has 1 rings (SSSR count). The van der Waals surface area contributed by atoms with Gasteiger partial charge in [0.15, 0.2) is 0 Å². The van der Waals surface area contributed by atoms with Crippen molar-refractivity contribution in [2.75, 3.05) is 20.6 Å². The minimum atomic E-state index is -3.35. The van der Waals surface area contributed by atoms with Gasteiger partial charge in [0.1, 0.15) is 0 Å². The first-order valence-corrected chi connectivity index (χ1v) is 7.07. The lowest BCUT2D eigenvalue weighted by molar-refractivity contribution is 0.520. The summed E-state index contributed by atoms with van der Waals surface area (Å²) in [5.74, 6) is 0. The van der Waals surface area contributed by atoms with E-state index in [9.17, 15) is 8.42 Å². The Kier molecular flexibility index (Phi) is 4.68. The standard InChI is InChI=1S/C12H20N2O2S/c1-5-13-9-11-7-6-8-12(10(11)2)17(15,16)14(3)4/h6-8,13H,5,9H2,1-4H3. The number of rotatable bonds is 5. The van der Waals surface area contributed by atoms with Gasteiger partial charge >= 0.3 is 0 Å². The van der Waals surface area contributed by atoms with Crippen LogP contribution in [0.15, 0.2) is 23.1 Å². The molecule has 0 saturated carbocycles. The zero-order chi connectivity index (χ0) is 13.1. The Morgan fingerprint density at radius 1 is 1.29 bits per heavy atom. The summed E-state index contributed by atoms with van der Waals surface area (Å²) in [6, 6.07) is 5.39. The fraction of sp³-hybridized carbons (Fsp3) is 0.500. The second-order valence-electron chi connectivity index (χ2n) is 4.11. The molecule has 0 unspecified atom stereocenters. The molecule has 0 aliphatic heterocycles. The molecule has 0 saturated heterocycles. The van der Waals surface area contributed by atoms with Crippen molar-refractivity contribution in [3.63, 3.8) is 0 Å². The largest absolute Gasteiger partial charge is 0.313 e. The van der Waals surface area contributed by atoms with Crippen LogP contribution in [0.25, 0.3) is 0 Å². The van der Waals surface area contributed by atoms with E-state index < -0.39 is 10.0 Å². The summed E-state index contributed by atoms with van der Waals surface area (Å²) < 4.78 is 25.4. The van der Waals surface area contributed by atoms with E-state index in [1.54, 1.807) is 26.2 Å². The predicted octanol–water partition coefficient (Wildman–Crippen LogP) is 1.35. The molecular formula is C12H20N2O2S. The number of sulfonamides is 1. The SMILES string of the molecule is CCNCc1cccc(S(=O)(=O)N(C)C)c1C. The van der Waals surface area contributed by atoms with Crippen LogP contribution < -0.4 is 5.32 Å². The van der Waals surface area contributed by atoms with Crippen molar-refractivity contribution in [2.24, 2.45) is 0 Å². The smallest absolute Gasteiger partial charge is 0.242 e. The van der Waals surface area contributed by atoms with Gasteiger partial charge in [-0.15, -0.1) is 0 Å². The maximum atomic E-state index is 12.1. The number of hydrogen-bond acceptors (Lipinski definition) is 3. The molecule has 0 fully saturated rings. The van der Waals surface area contributed by atoms with E-state index in [4.69, 9.17) is 0 Å². The summed E-state index contributed by atoms with van der Waals surface area (Å²) in [6.45, 7) is 5.43. The van der Waals surface area contributed by atoms with Crippen LogP contribution in [-0.2, 0) is 16.6 Å². The quantitative estimate of drug-likeness (QED) is 0.865. The molecule has 0 aliphatic carbocycles. The molecule has 1 aromatic rings. The van der Waals surface area contributed by atoms with Crippen molar-refractivity contribution in [2.45, 2.75) is 25.3 Å². The summed E-state index contributed by atoms with van der Waals surface area (Å²) >= 11 is 0. The molecule has 4 nitrogen and oxygen atoms in total. The molecule has 0 radical (unpaired) electrons. The molecule has 96 valence electrons. The fourth-order valence-corrected chi connectivity index (χ4v) is 2.75. The van der Waals surface area contributed by atoms with E-state index in [1.165, 1.54) is 4.31 Å². The lowest BCUT2D eigenvalue weighted by atomic mass is 10.1. The summed E-state index contributed by atoms with van der Waals surface area (Å²) in [6.07, 6.45) is 0. The third kappa shape index (κ3) is 3.06. The molecular weight excluding hydrogens is 236 g/mol. The van der Waals surface area contributed by atoms with Gasteiger partial charge in [-0.1, -0.05) is 19.1 Å². The van der Waals surface area contributed by atoms with Gasteiger partial charge in [0, 0.05) is 20.6 Å². The summed E-state index contributed by atoms with van der Waals surface area (Å²) in [5, 5.41) is 3.20. The zero-order valence-corrected chi connectivity index (χ0v) is 11.6. The number of hydrogen-bond donors (Lipinski definition) is 1. The van der Waals surface area contributed by atoms with Gasteiger partial charge in [-0.3, -0.25) is 0 Å². The van der Waals surface area contributed by atoms with Crippen molar-refractivity contribution in [3.05, 3.63) is 29.3 Å². The lowest BCUT2D eigenvalue weighted by Crippen LogP contribution is -2.23. The van der Waals surface area contributed by atoms with Gasteiger partial charge in [0.25, 0.3) is 0 Å². The van der Waals surface area contributed by atoms with Crippen LogP contribution in [0.3, 0.4) is 0 Å². The monoisotopic (exact) mass is 256 g/mol. The number of benzene rings is 1. The first kappa shape index (κ1) is 14.2. The minimum Gasteiger partial charge on any atom is -0.313 e. The maximum Gasteiger partial charge on any atom is 0.242 e. The fourth-order valence-electron chi connectivity index (χ4n) is 1.59. The Morgan fingerprint density at radius 2 is 1.94 bits per heavy atom. The second-order valence-corrected chi connectivity index (χ2v) is 6.23. The Balaban J connectivity index is 3.19. The van der Waals surface area contributed by atoms with Gasteiger partial charge in [0.2, 0.25) is 10.0 Å². The topological polar surface area (TPSA) is 49.4 Å². The predicted molar refractivity (Wildman–Crippen MR) is 69.4 cm³/mol. The van der Waals surface area contributed by atoms with E-state index in [-0.39, 0.29) is 0 Å². The van der Waals surface area contributed by atoms with Gasteiger partial charge in [-0.2, -0.15) is 0 Å². The van der Waals surface area contributed by atoms with Gasteiger partial charge in [0.05, 0.1) is 4.90 Å². The Labute approximate surface area is 104 Å². The van der Waals surface area contributed by atoms with E-state index in [2.05, 4.69) is 5.32 Å². The summed E-state index contributed by atoms with van der Waals surface area (Å²) in [5.41, 5.74) is 1.84.